The highest BCUT2D eigenvalue weighted by molar-refractivity contribution is 5.69. The first-order valence-corrected chi connectivity index (χ1v) is 9.50. The second-order valence-electron chi connectivity index (χ2n) is 8.56. The summed E-state index contributed by atoms with van der Waals surface area (Å²) in [6, 6.07) is 5.71. The van der Waals surface area contributed by atoms with Gasteiger partial charge in [0, 0.05) is 6.42 Å². The van der Waals surface area contributed by atoms with E-state index in [1.165, 1.54) is 18.2 Å². The Labute approximate surface area is 149 Å². The number of methoxy groups -OCH3 is 1. The Morgan fingerprint density at radius 2 is 2.12 bits per heavy atom. The second-order valence-corrected chi connectivity index (χ2v) is 8.56. The van der Waals surface area contributed by atoms with E-state index in [9.17, 15) is 15.0 Å². The van der Waals surface area contributed by atoms with E-state index in [-0.39, 0.29) is 23.4 Å². The smallest absolute Gasteiger partial charge is 0.305 e. The zero-order valence-corrected chi connectivity index (χ0v) is 15.1. The van der Waals surface area contributed by atoms with Gasteiger partial charge >= 0.3 is 5.97 Å². The minimum absolute atomic E-state index is 0.0890. The Morgan fingerprint density at radius 1 is 1.32 bits per heavy atom. The Bertz CT molecular complexity index is 684. The van der Waals surface area contributed by atoms with Crippen molar-refractivity contribution in [2.45, 2.75) is 57.5 Å². The van der Waals surface area contributed by atoms with Crippen molar-refractivity contribution in [3.63, 3.8) is 0 Å². The van der Waals surface area contributed by atoms with Gasteiger partial charge < -0.3 is 14.9 Å². The molecule has 0 aliphatic heterocycles. The minimum atomic E-state index is -0.264. The Morgan fingerprint density at radius 3 is 2.88 bits per heavy atom. The molecule has 4 heteroatoms. The molecule has 0 spiro atoms. The normalized spacial score (nSPS) is 39.2. The first-order valence-electron chi connectivity index (χ1n) is 9.50. The second kappa shape index (κ2) is 6.01. The van der Waals surface area contributed by atoms with Gasteiger partial charge in [-0.15, -0.1) is 0 Å². The number of aliphatic hydroxyl groups is 1. The van der Waals surface area contributed by atoms with Gasteiger partial charge in [0.25, 0.3) is 0 Å². The van der Waals surface area contributed by atoms with Crippen LogP contribution in [0.25, 0.3) is 0 Å². The van der Waals surface area contributed by atoms with Crippen LogP contribution in [0.3, 0.4) is 0 Å². The van der Waals surface area contributed by atoms with Gasteiger partial charge in [0.1, 0.15) is 5.75 Å². The topological polar surface area (TPSA) is 66.8 Å². The lowest BCUT2D eigenvalue weighted by atomic mass is 9.51. The van der Waals surface area contributed by atoms with Gasteiger partial charge in [0.2, 0.25) is 0 Å². The molecule has 2 N–H and O–H groups in total. The number of carbonyl (C=O) groups is 1. The quantitative estimate of drug-likeness (QED) is 0.807. The summed E-state index contributed by atoms with van der Waals surface area (Å²) >= 11 is 0. The van der Waals surface area contributed by atoms with E-state index >= 15 is 0 Å². The number of rotatable bonds is 2. The predicted octanol–water partition coefficient (Wildman–Crippen LogP) is 3.40. The van der Waals surface area contributed by atoms with E-state index in [1.54, 1.807) is 6.07 Å². The van der Waals surface area contributed by atoms with Crippen LogP contribution in [0.4, 0.5) is 0 Å². The average molecular weight is 344 g/mol. The number of phenols is 1. The zero-order chi connectivity index (χ0) is 17.8. The summed E-state index contributed by atoms with van der Waals surface area (Å²) in [5.74, 6) is 1.69. The van der Waals surface area contributed by atoms with Gasteiger partial charge in [-0.1, -0.05) is 13.0 Å². The first-order chi connectivity index (χ1) is 11.9. The van der Waals surface area contributed by atoms with Crippen molar-refractivity contribution in [1.82, 2.24) is 0 Å². The highest BCUT2D eigenvalue weighted by Gasteiger charge is 2.57. The van der Waals surface area contributed by atoms with Crippen LogP contribution in [0.2, 0.25) is 0 Å². The van der Waals surface area contributed by atoms with E-state index in [4.69, 9.17) is 4.74 Å². The molecule has 1 aromatic carbocycles. The zero-order valence-electron chi connectivity index (χ0n) is 15.1. The van der Waals surface area contributed by atoms with Crippen molar-refractivity contribution < 1.29 is 19.7 Å². The number of carbonyl (C=O) groups excluding carboxylic acids is 1. The summed E-state index contributed by atoms with van der Waals surface area (Å²) in [5.41, 5.74) is 2.43. The van der Waals surface area contributed by atoms with Gasteiger partial charge in [-0.3, -0.25) is 4.79 Å². The third-order valence-electron chi connectivity index (χ3n) is 7.44. The van der Waals surface area contributed by atoms with Gasteiger partial charge in [0.05, 0.1) is 13.2 Å². The summed E-state index contributed by atoms with van der Waals surface area (Å²) in [5, 5.41) is 20.5. The van der Waals surface area contributed by atoms with E-state index in [1.807, 2.05) is 6.07 Å². The Hall–Kier alpha value is -1.55. The first kappa shape index (κ1) is 16.9. The van der Waals surface area contributed by atoms with Crippen LogP contribution in [0, 0.1) is 23.2 Å². The lowest BCUT2D eigenvalue weighted by Crippen LogP contribution is -2.48. The molecule has 0 radical (unpaired) electrons. The van der Waals surface area contributed by atoms with Crippen LogP contribution in [0.1, 0.15) is 56.1 Å². The minimum Gasteiger partial charge on any atom is -0.508 e. The van der Waals surface area contributed by atoms with Crippen molar-refractivity contribution in [1.29, 1.82) is 0 Å². The summed E-state index contributed by atoms with van der Waals surface area (Å²) in [6.45, 7) is 2.22. The van der Waals surface area contributed by atoms with Crippen LogP contribution in [0.5, 0.6) is 5.75 Å². The molecule has 136 valence electrons. The Balaban J connectivity index is 1.76. The third kappa shape index (κ3) is 2.57. The highest BCUT2D eigenvalue weighted by Crippen LogP contribution is 2.63. The van der Waals surface area contributed by atoms with Crippen molar-refractivity contribution in [2.24, 2.45) is 23.2 Å². The number of aliphatic hydroxyl groups excluding tert-OH is 1. The molecule has 4 nitrogen and oxygen atoms in total. The van der Waals surface area contributed by atoms with Crippen LogP contribution >= 0.6 is 0 Å². The molecule has 25 heavy (non-hydrogen) atoms. The monoisotopic (exact) mass is 344 g/mol. The molecule has 0 saturated heterocycles. The van der Waals surface area contributed by atoms with E-state index < -0.39 is 0 Å². The molecule has 0 heterocycles. The number of phenolic OH excluding ortho intramolecular Hbond substituents is 1. The number of esters is 1. The summed E-state index contributed by atoms with van der Waals surface area (Å²) in [4.78, 5) is 12.1. The van der Waals surface area contributed by atoms with Crippen molar-refractivity contribution in [3.05, 3.63) is 29.3 Å². The summed E-state index contributed by atoms with van der Waals surface area (Å²) < 4.78 is 4.97. The lowest BCUT2D eigenvalue weighted by molar-refractivity contribution is -0.144. The number of fused-ring (bicyclic) bond motifs is 5. The number of aryl methyl sites for hydroxylation is 1. The predicted molar refractivity (Wildman–Crippen MR) is 94.2 cm³/mol. The third-order valence-corrected chi connectivity index (χ3v) is 7.44. The number of hydrogen-bond acceptors (Lipinski definition) is 4. The van der Waals surface area contributed by atoms with Crippen molar-refractivity contribution in [3.8, 4) is 5.75 Å². The molecular formula is C21H28O4. The van der Waals surface area contributed by atoms with E-state index in [0.29, 0.717) is 29.9 Å². The maximum Gasteiger partial charge on any atom is 0.305 e. The molecule has 3 aliphatic carbocycles. The van der Waals surface area contributed by atoms with E-state index in [2.05, 4.69) is 13.0 Å². The standard InChI is InChI=1S/C21H28O4/c1-21-11-13(10-19(24)25-2)20-15-6-4-14(22)9-12(15)3-5-16(20)17(21)7-8-18(21)23/h4,6,9,13,16-18,20,22-23H,3,5,7-8,10-11H2,1-2H3/t13-,16?,17?,18?,20?,21?/m0/s1. The highest BCUT2D eigenvalue weighted by atomic mass is 16.5. The average Bonchev–Trinajstić information content (AvgIpc) is 2.89. The molecule has 6 atom stereocenters. The maximum absolute atomic E-state index is 12.1. The molecule has 2 saturated carbocycles. The van der Waals surface area contributed by atoms with Crippen LogP contribution in [-0.4, -0.2) is 29.4 Å². The van der Waals surface area contributed by atoms with Gasteiger partial charge in [0.15, 0.2) is 0 Å². The fraction of sp³-hybridized carbons (Fsp3) is 0.667. The van der Waals surface area contributed by atoms with Gasteiger partial charge in [-0.05, 0) is 84.5 Å². The molecule has 4 rings (SSSR count). The van der Waals surface area contributed by atoms with E-state index in [0.717, 1.165) is 32.1 Å². The van der Waals surface area contributed by atoms with Crippen LogP contribution < -0.4 is 0 Å². The molecule has 0 bridgehead atoms. The SMILES string of the molecule is COC(=O)C[C@H]1CC2(C)C(O)CCC2C2CCc3cc(O)ccc3C21. The molecule has 0 amide bonds. The molecule has 3 aliphatic rings. The number of hydrogen-bond donors (Lipinski definition) is 2. The Kier molecular flexibility index (Phi) is 4.06. The molecule has 5 unspecified atom stereocenters. The van der Waals surface area contributed by atoms with Gasteiger partial charge in [-0.2, -0.15) is 0 Å². The van der Waals surface area contributed by atoms with Crippen LogP contribution in [0.15, 0.2) is 18.2 Å². The maximum atomic E-state index is 12.1. The fourth-order valence-corrected chi connectivity index (χ4v) is 6.34. The molecule has 2 fully saturated rings. The largest absolute Gasteiger partial charge is 0.508 e. The summed E-state index contributed by atoms with van der Waals surface area (Å²) in [6.07, 6.45) is 5.02. The molecular weight excluding hydrogens is 316 g/mol. The molecule has 1 aromatic rings. The fourth-order valence-electron chi connectivity index (χ4n) is 6.34. The number of aromatic hydroxyl groups is 1. The van der Waals surface area contributed by atoms with Gasteiger partial charge in [-0.25, -0.2) is 0 Å². The lowest BCUT2D eigenvalue weighted by Gasteiger charge is -2.53. The number of benzene rings is 1. The molecule has 0 aromatic heterocycles. The summed E-state index contributed by atoms with van der Waals surface area (Å²) in [7, 11) is 1.45. The van der Waals surface area contributed by atoms with Crippen molar-refractivity contribution in [2.75, 3.05) is 7.11 Å². The van der Waals surface area contributed by atoms with Crippen molar-refractivity contribution >= 4 is 5.97 Å². The van der Waals surface area contributed by atoms with Crippen LogP contribution in [-0.2, 0) is 16.0 Å². The number of ether oxygens (including phenoxy) is 1.